The Morgan fingerprint density at radius 3 is 2.50 bits per heavy atom. The van der Waals surface area contributed by atoms with E-state index in [1.54, 1.807) is 12.1 Å². The van der Waals surface area contributed by atoms with Crippen molar-refractivity contribution < 1.29 is 9.29 Å². The fourth-order valence-electron chi connectivity index (χ4n) is 1.70. The first kappa shape index (κ1) is 12.9. The Hall–Kier alpha value is -1.53. The highest BCUT2D eigenvalue weighted by atomic mass is 32.1. The first-order valence-corrected chi connectivity index (χ1v) is 6.15. The summed E-state index contributed by atoms with van der Waals surface area (Å²) >= 11 is 5.24. The first-order chi connectivity index (χ1) is 8.50. The van der Waals surface area contributed by atoms with Crippen molar-refractivity contribution in [1.29, 1.82) is 0 Å². The van der Waals surface area contributed by atoms with Crippen LogP contribution in [0.2, 0.25) is 0 Å². The maximum absolute atomic E-state index is 13.0. The molecule has 0 saturated carbocycles. The molecule has 0 bridgehead atoms. The van der Waals surface area contributed by atoms with E-state index in [-0.39, 0.29) is 11.9 Å². The second kappa shape index (κ2) is 4.99. The number of nitrogens with one attached hydrogen (secondary N) is 2. The highest BCUT2D eigenvalue weighted by molar-refractivity contribution is 7.71. The summed E-state index contributed by atoms with van der Waals surface area (Å²) in [5, 5.41) is 7.06. The summed E-state index contributed by atoms with van der Waals surface area (Å²) in [7, 11) is 4.11. The Morgan fingerprint density at radius 1 is 1.33 bits per heavy atom. The fourth-order valence-corrected chi connectivity index (χ4v) is 1.94. The maximum Gasteiger partial charge on any atom is 0.200 e. The van der Waals surface area contributed by atoms with Crippen molar-refractivity contribution in [3.05, 3.63) is 40.7 Å². The predicted molar refractivity (Wildman–Crippen MR) is 69.9 cm³/mol. The van der Waals surface area contributed by atoms with Crippen LogP contribution in [0.3, 0.4) is 0 Å². The number of aromatic amines is 1. The Kier molecular flexibility index (Phi) is 3.58. The van der Waals surface area contributed by atoms with Gasteiger partial charge in [-0.05, 0) is 43.4 Å². The fraction of sp³-hybridized carbons (Fsp3) is 0.333. The van der Waals surface area contributed by atoms with Crippen LogP contribution in [0.5, 0.6) is 0 Å². The Morgan fingerprint density at radius 2 is 1.94 bits per heavy atom. The third-order valence-corrected chi connectivity index (χ3v) is 3.31. The summed E-state index contributed by atoms with van der Waals surface area (Å²) in [5.41, 5.74) is 0.818. The Balaban J connectivity index is 2.53. The molecule has 0 aliphatic heterocycles. The van der Waals surface area contributed by atoms with Crippen LogP contribution in [0.15, 0.2) is 24.3 Å². The average molecular weight is 267 g/mol. The number of hydrogen-bond donors (Lipinski definition) is 2. The molecule has 6 heteroatoms. The number of hydrogen-bond acceptors (Lipinski definition) is 2. The zero-order valence-corrected chi connectivity index (χ0v) is 11.4. The minimum atomic E-state index is -0.262. The van der Waals surface area contributed by atoms with E-state index in [1.165, 1.54) is 17.0 Å². The van der Waals surface area contributed by atoms with Gasteiger partial charge in [0.05, 0.1) is 19.8 Å². The van der Waals surface area contributed by atoms with Gasteiger partial charge in [-0.3, -0.25) is 9.67 Å². The van der Waals surface area contributed by atoms with Crippen LogP contribution in [0, 0.1) is 10.6 Å². The molecule has 4 nitrogen and oxygen atoms in total. The van der Waals surface area contributed by atoms with Crippen LogP contribution in [0.1, 0.15) is 18.8 Å². The lowest BCUT2D eigenvalue weighted by molar-refractivity contribution is -0.890. The van der Waals surface area contributed by atoms with Gasteiger partial charge >= 0.3 is 0 Å². The minimum Gasteiger partial charge on any atom is -0.331 e. The summed E-state index contributed by atoms with van der Waals surface area (Å²) in [6.45, 7) is 2.07. The van der Waals surface area contributed by atoms with E-state index in [2.05, 4.69) is 31.2 Å². The van der Waals surface area contributed by atoms with Gasteiger partial charge in [0.1, 0.15) is 11.9 Å². The number of quaternary nitrogens is 1. The average Bonchev–Trinajstić information content (AvgIpc) is 2.71. The lowest BCUT2D eigenvalue weighted by Gasteiger charge is -2.17. The molecule has 1 aromatic carbocycles. The van der Waals surface area contributed by atoms with Crippen LogP contribution < -0.4 is 4.90 Å². The standard InChI is InChI=1S/C12H15FN4S/c1-8(16(2)3)11-14-15-12(18)17(11)10-6-4-9(13)5-7-10/h4-8H,1-3H3,(H,15,18)/p+1/t8-/m0/s1. The molecule has 18 heavy (non-hydrogen) atoms. The van der Waals surface area contributed by atoms with Gasteiger partial charge in [-0.1, -0.05) is 0 Å². The molecule has 1 atom stereocenters. The molecular formula is C12H16FN4S+. The highest BCUT2D eigenvalue weighted by Gasteiger charge is 2.20. The third-order valence-electron chi connectivity index (χ3n) is 3.04. The maximum atomic E-state index is 13.0. The summed E-state index contributed by atoms with van der Waals surface area (Å²) < 4.78 is 15.3. The molecular weight excluding hydrogens is 251 g/mol. The molecule has 0 fully saturated rings. The second-order valence-electron chi connectivity index (χ2n) is 4.50. The summed E-state index contributed by atoms with van der Waals surface area (Å²) in [6, 6.07) is 6.41. The number of nitrogens with zero attached hydrogens (tertiary/aromatic N) is 2. The van der Waals surface area contributed by atoms with Crippen molar-refractivity contribution in [3.63, 3.8) is 0 Å². The molecule has 0 aliphatic carbocycles. The minimum absolute atomic E-state index is 0.183. The van der Waals surface area contributed by atoms with Gasteiger partial charge in [0.25, 0.3) is 0 Å². The second-order valence-corrected chi connectivity index (χ2v) is 4.88. The smallest absolute Gasteiger partial charge is 0.200 e. The molecule has 2 rings (SSSR count). The van der Waals surface area contributed by atoms with Gasteiger partial charge in [-0.2, -0.15) is 5.10 Å². The van der Waals surface area contributed by atoms with Crippen molar-refractivity contribution in [1.82, 2.24) is 14.8 Å². The molecule has 96 valence electrons. The van der Waals surface area contributed by atoms with Crippen LogP contribution in [-0.4, -0.2) is 28.9 Å². The number of halogens is 1. The first-order valence-electron chi connectivity index (χ1n) is 5.74. The SMILES string of the molecule is C[C@@H](c1n[nH]c(=S)n1-c1ccc(F)cc1)[NH+](C)C. The van der Waals surface area contributed by atoms with E-state index in [0.29, 0.717) is 4.77 Å². The lowest BCUT2D eigenvalue weighted by Crippen LogP contribution is -3.05. The molecule has 0 spiro atoms. The molecule has 2 N–H and O–H groups in total. The zero-order chi connectivity index (χ0) is 13.3. The number of aromatic nitrogens is 3. The van der Waals surface area contributed by atoms with E-state index < -0.39 is 0 Å². The van der Waals surface area contributed by atoms with E-state index in [0.717, 1.165) is 11.5 Å². The summed E-state index contributed by atoms with van der Waals surface area (Å²) in [4.78, 5) is 1.24. The van der Waals surface area contributed by atoms with E-state index in [1.807, 2.05) is 4.57 Å². The molecule has 0 amide bonds. The van der Waals surface area contributed by atoms with Gasteiger partial charge in [-0.15, -0.1) is 0 Å². The zero-order valence-electron chi connectivity index (χ0n) is 10.6. The molecule has 0 saturated heterocycles. The molecule has 2 aromatic rings. The van der Waals surface area contributed by atoms with Gasteiger partial charge in [0, 0.05) is 0 Å². The van der Waals surface area contributed by atoms with Crippen molar-refractivity contribution >= 4 is 12.2 Å². The third kappa shape index (κ3) is 2.34. The van der Waals surface area contributed by atoms with Crippen LogP contribution in [-0.2, 0) is 0 Å². The number of rotatable bonds is 3. The molecule has 0 aliphatic rings. The topological polar surface area (TPSA) is 38.0 Å². The number of H-pyrrole nitrogens is 1. The van der Waals surface area contributed by atoms with Crippen molar-refractivity contribution in [2.45, 2.75) is 13.0 Å². The van der Waals surface area contributed by atoms with Crippen LogP contribution in [0.25, 0.3) is 5.69 Å². The quantitative estimate of drug-likeness (QED) is 0.822. The summed E-state index contributed by atoms with van der Waals surface area (Å²) in [6.07, 6.45) is 0. The molecule has 1 heterocycles. The number of benzene rings is 1. The molecule has 0 radical (unpaired) electrons. The lowest BCUT2D eigenvalue weighted by atomic mass is 10.2. The van der Waals surface area contributed by atoms with E-state index in [9.17, 15) is 4.39 Å². The monoisotopic (exact) mass is 267 g/mol. The molecule has 0 unspecified atom stereocenters. The molecule has 1 aromatic heterocycles. The normalized spacial score (nSPS) is 12.9. The van der Waals surface area contributed by atoms with E-state index in [4.69, 9.17) is 12.2 Å². The van der Waals surface area contributed by atoms with Gasteiger partial charge in [0.15, 0.2) is 10.6 Å². The van der Waals surface area contributed by atoms with Crippen LogP contribution >= 0.6 is 12.2 Å². The highest BCUT2D eigenvalue weighted by Crippen LogP contribution is 2.15. The van der Waals surface area contributed by atoms with Crippen molar-refractivity contribution in [3.8, 4) is 5.69 Å². The Labute approximate surface area is 110 Å². The summed E-state index contributed by atoms with van der Waals surface area (Å²) in [5.74, 6) is 0.577. The van der Waals surface area contributed by atoms with E-state index >= 15 is 0 Å². The van der Waals surface area contributed by atoms with Gasteiger partial charge in [0.2, 0.25) is 0 Å². The predicted octanol–water partition coefficient (Wildman–Crippen LogP) is 1.27. The van der Waals surface area contributed by atoms with Crippen LogP contribution in [0.4, 0.5) is 4.39 Å². The largest absolute Gasteiger partial charge is 0.331 e. The van der Waals surface area contributed by atoms with Gasteiger partial charge in [-0.25, -0.2) is 4.39 Å². The van der Waals surface area contributed by atoms with Crippen molar-refractivity contribution in [2.24, 2.45) is 0 Å². The van der Waals surface area contributed by atoms with Gasteiger partial charge < -0.3 is 4.90 Å². The Bertz CT molecular complexity index is 585. The van der Waals surface area contributed by atoms with Crippen molar-refractivity contribution in [2.75, 3.05) is 14.1 Å².